The Morgan fingerprint density at radius 1 is 0.958 bits per heavy atom. The molecule has 2 aromatic rings. The molecule has 0 atom stereocenters. The molecule has 0 bridgehead atoms. The van der Waals surface area contributed by atoms with Gasteiger partial charge in [0, 0.05) is 17.5 Å². The lowest BCUT2D eigenvalue weighted by Gasteiger charge is -2.19. The van der Waals surface area contributed by atoms with Crippen molar-refractivity contribution in [2.24, 2.45) is 5.92 Å². The smallest absolute Gasteiger partial charge is 0.214 e. The van der Waals surface area contributed by atoms with E-state index >= 15 is 0 Å². The molecule has 24 heavy (non-hydrogen) atoms. The predicted octanol–water partition coefficient (Wildman–Crippen LogP) is 3.32. The molecule has 0 N–H and O–H groups in total. The fourth-order valence-corrected chi connectivity index (χ4v) is 3.08. The van der Waals surface area contributed by atoms with Gasteiger partial charge in [0.15, 0.2) is 0 Å². The number of hydrogen-bond acceptors (Lipinski definition) is 4. The number of carbonyl (C=O) groups excluding carboxylic acids is 2. The van der Waals surface area contributed by atoms with Crippen LogP contribution in [0.2, 0.25) is 0 Å². The Bertz CT molecular complexity index is 910. The van der Waals surface area contributed by atoms with Gasteiger partial charge in [-0.25, -0.2) is 9.97 Å². The van der Waals surface area contributed by atoms with Gasteiger partial charge < -0.3 is 0 Å². The lowest BCUT2D eigenvalue weighted by molar-refractivity contribution is 0.0971. The molecule has 4 rings (SSSR count). The summed E-state index contributed by atoms with van der Waals surface area (Å²) in [5.74, 6) is 0.00989. The van der Waals surface area contributed by atoms with E-state index in [1.165, 1.54) is 5.57 Å². The number of carbonyl (C=O) groups is 2. The lowest BCUT2D eigenvalue weighted by Crippen LogP contribution is -2.26. The molecular formula is C20H18N2O2. The Balaban J connectivity index is 1.87. The molecule has 0 fully saturated rings. The first-order chi connectivity index (χ1) is 11.5. The fraction of sp³-hybridized carbons (Fsp3) is 0.300. The lowest BCUT2D eigenvalue weighted by atomic mass is 9.89. The highest BCUT2D eigenvalue weighted by Gasteiger charge is 2.33. The number of aromatic nitrogens is 2. The molecule has 0 spiro atoms. The molecule has 0 radical (unpaired) electrons. The Labute approximate surface area is 140 Å². The third-order valence-electron chi connectivity index (χ3n) is 4.39. The minimum atomic E-state index is -0.199. The third kappa shape index (κ3) is 2.48. The molecular weight excluding hydrogens is 300 g/mol. The number of allylic oxidation sites excluding steroid dienone is 2. The standard InChI is InChI=1S/C20H18N2O2/c1-11(2)9-15-16(10-12-7-8-12)22-18-17(21-15)19(23)13-5-3-4-6-14(13)20(18)24/h3-7,11H,8-10H2,1-2H3. The molecule has 4 heteroatoms. The second-order valence-electron chi connectivity index (χ2n) is 6.86. The van der Waals surface area contributed by atoms with Crippen LogP contribution in [0, 0.1) is 5.92 Å². The summed E-state index contributed by atoms with van der Waals surface area (Å²) in [6, 6.07) is 6.91. The van der Waals surface area contributed by atoms with Crippen LogP contribution in [-0.4, -0.2) is 21.5 Å². The predicted molar refractivity (Wildman–Crippen MR) is 90.3 cm³/mol. The van der Waals surface area contributed by atoms with Crippen molar-refractivity contribution in [2.75, 3.05) is 0 Å². The highest BCUT2D eigenvalue weighted by atomic mass is 16.1. The monoisotopic (exact) mass is 318 g/mol. The van der Waals surface area contributed by atoms with Crippen molar-refractivity contribution in [1.29, 1.82) is 0 Å². The van der Waals surface area contributed by atoms with Crippen LogP contribution in [0.15, 0.2) is 35.9 Å². The van der Waals surface area contributed by atoms with Gasteiger partial charge in [0.05, 0.1) is 11.4 Å². The van der Waals surface area contributed by atoms with Gasteiger partial charge in [0.2, 0.25) is 11.6 Å². The first-order valence-corrected chi connectivity index (χ1v) is 8.30. The average Bonchev–Trinajstić information content (AvgIpc) is 3.37. The Kier molecular flexibility index (Phi) is 3.41. The first-order valence-electron chi connectivity index (χ1n) is 8.30. The van der Waals surface area contributed by atoms with Gasteiger partial charge in [-0.1, -0.05) is 49.8 Å². The molecule has 2 aliphatic rings. The zero-order chi connectivity index (χ0) is 16.8. The van der Waals surface area contributed by atoms with Gasteiger partial charge in [-0.05, 0) is 18.8 Å². The van der Waals surface area contributed by atoms with Crippen molar-refractivity contribution in [3.05, 3.63) is 69.8 Å². The van der Waals surface area contributed by atoms with Gasteiger partial charge >= 0.3 is 0 Å². The van der Waals surface area contributed by atoms with Crippen LogP contribution in [0.4, 0.5) is 0 Å². The van der Waals surface area contributed by atoms with E-state index in [0.29, 0.717) is 17.0 Å². The summed E-state index contributed by atoms with van der Waals surface area (Å²) >= 11 is 0. The molecule has 120 valence electrons. The van der Waals surface area contributed by atoms with Crippen LogP contribution in [0.25, 0.3) is 0 Å². The summed E-state index contributed by atoms with van der Waals surface area (Å²) in [5, 5.41) is 0. The number of benzene rings is 1. The number of fused-ring (bicyclic) bond motifs is 2. The largest absolute Gasteiger partial charge is 0.287 e. The van der Waals surface area contributed by atoms with E-state index in [0.717, 1.165) is 30.7 Å². The quantitative estimate of drug-likeness (QED) is 0.692. The zero-order valence-corrected chi connectivity index (χ0v) is 13.8. The Hall–Kier alpha value is -2.62. The second kappa shape index (κ2) is 5.48. The van der Waals surface area contributed by atoms with Crippen LogP contribution in [0.1, 0.15) is 63.8 Å². The van der Waals surface area contributed by atoms with E-state index in [9.17, 15) is 9.59 Å². The van der Waals surface area contributed by atoms with Crippen molar-refractivity contribution >= 4 is 11.6 Å². The molecule has 1 aromatic carbocycles. The van der Waals surface area contributed by atoms with E-state index in [-0.39, 0.29) is 23.0 Å². The SMILES string of the molecule is CC(C)Cc1nc2c(nc1CC1=CC1)C(=O)c1ccccc1C2=O. The summed E-state index contributed by atoms with van der Waals surface area (Å²) in [5.41, 5.74) is 4.29. The van der Waals surface area contributed by atoms with Gasteiger partial charge in [-0.2, -0.15) is 0 Å². The molecule has 1 heterocycles. The minimum absolute atomic E-state index is 0.199. The molecule has 4 nitrogen and oxygen atoms in total. The van der Waals surface area contributed by atoms with Crippen molar-refractivity contribution in [2.45, 2.75) is 33.1 Å². The van der Waals surface area contributed by atoms with Gasteiger partial charge in [0.1, 0.15) is 11.4 Å². The van der Waals surface area contributed by atoms with Gasteiger partial charge in [-0.15, -0.1) is 0 Å². The minimum Gasteiger partial charge on any atom is -0.287 e. The molecule has 0 saturated heterocycles. The maximum atomic E-state index is 12.8. The van der Waals surface area contributed by atoms with Crippen LogP contribution < -0.4 is 0 Å². The van der Waals surface area contributed by atoms with Gasteiger partial charge in [-0.3, -0.25) is 9.59 Å². The molecule has 0 unspecified atom stereocenters. The average molecular weight is 318 g/mol. The van der Waals surface area contributed by atoms with E-state index in [1.54, 1.807) is 24.3 Å². The van der Waals surface area contributed by atoms with Crippen LogP contribution >= 0.6 is 0 Å². The summed E-state index contributed by atoms with van der Waals surface area (Å²) in [4.78, 5) is 34.8. The maximum absolute atomic E-state index is 12.8. The Morgan fingerprint density at radius 3 is 2.00 bits per heavy atom. The summed E-state index contributed by atoms with van der Waals surface area (Å²) in [7, 11) is 0. The Morgan fingerprint density at radius 2 is 1.50 bits per heavy atom. The summed E-state index contributed by atoms with van der Waals surface area (Å²) in [6.07, 6.45) is 4.65. The maximum Gasteiger partial charge on any atom is 0.214 e. The zero-order valence-electron chi connectivity index (χ0n) is 13.8. The third-order valence-corrected chi connectivity index (χ3v) is 4.39. The second-order valence-corrected chi connectivity index (χ2v) is 6.86. The molecule has 0 amide bonds. The molecule has 0 saturated carbocycles. The van der Waals surface area contributed by atoms with Crippen LogP contribution in [-0.2, 0) is 12.8 Å². The highest BCUT2D eigenvalue weighted by Crippen LogP contribution is 2.29. The topological polar surface area (TPSA) is 59.9 Å². The number of hydrogen-bond donors (Lipinski definition) is 0. The van der Waals surface area contributed by atoms with Crippen molar-refractivity contribution in [3.8, 4) is 0 Å². The first kappa shape index (κ1) is 14.9. The fourth-order valence-electron chi connectivity index (χ4n) is 3.08. The number of rotatable bonds is 4. The van der Waals surface area contributed by atoms with E-state index < -0.39 is 0 Å². The molecule has 1 aromatic heterocycles. The van der Waals surface area contributed by atoms with Crippen molar-refractivity contribution in [1.82, 2.24) is 9.97 Å². The highest BCUT2D eigenvalue weighted by molar-refractivity contribution is 6.26. The number of ketones is 2. The molecule has 0 aliphatic heterocycles. The van der Waals surface area contributed by atoms with E-state index in [1.807, 2.05) is 0 Å². The van der Waals surface area contributed by atoms with Crippen molar-refractivity contribution < 1.29 is 9.59 Å². The van der Waals surface area contributed by atoms with Gasteiger partial charge in [0.25, 0.3) is 0 Å². The molecule has 2 aliphatic carbocycles. The van der Waals surface area contributed by atoms with Crippen molar-refractivity contribution in [3.63, 3.8) is 0 Å². The van der Waals surface area contributed by atoms with E-state index in [2.05, 4.69) is 29.9 Å². The van der Waals surface area contributed by atoms with E-state index in [4.69, 9.17) is 0 Å². The van der Waals surface area contributed by atoms with Crippen LogP contribution in [0.5, 0.6) is 0 Å². The number of nitrogens with zero attached hydrogens (tertiary/aromatic N) is 2. The summed E-state index contributed by atoms with van der Waals surface area (Å²) in [6.45, 7) is 4.23. The normalized spacial score (nSPS) is 15.2. The van der Waals surface area contributed by atoms with Crippen LogP contribution in [0.3, 0.4) is 0 Å². The summed E-state index contributed by atoms with van der Waals surface area (Å²) < 4.78 is 0.